The predicted octanol–water partition coefficient (Wildman–Crippen LogP) is 3.84. The van der Waals surface area contributed by atoms with E-state index in [1.165, 1.54) is 24.0 Å². The number of halogens is 1. The molecule has 0 aromatic heterocycles. The van der Waals surface area contributed by atoms with Gasteiger partial charge in [-0.2, -0.15) is 0 Å². The zero-order valence-electron chi connectivity index (χ0n) is 12.0. The normalized spacial score (nSPS) is 15.1. The molecule has 1 atom stereocenters. The van der Waals surface area contributed by atoms with E-state index in [1.54, 1.807) is 0 Å². The van der Waals surface area contributed by atoms with Gasteiger partial charge in [0.2, 0.25) is 0 Å². The van der Waals surface area contributed by atoms with Gasteiger partial charge in [0.1, 0.15) is 5.75 Å². The summed E-state index contributed by atoms with van der Waals surface area (Å²) in [6, 6.07) is 4.12. The first-order chi connectivity index (χ1) is 9.20. The maximum atomic E-state index is 6.18. The van der Waals surface area contributed by atoms with Crippen LogP contribution in [0.1, 0.15) is 37.8 Å². The molecule has 0 fully saturated rings. The van der Waals surface area contributed by atoms with Crippen molar-refractivity contribution >= 4 is 11.6 Å². The van der Waals surface area contributed by atoms with Crippen molar-refractivity contribution in [2.45, 2.75) is 39.5 Å². The molecule has 0 aliphatic carbocycles. The Morgan fingerprint density at radius 3 is 3.00 bits per heavy atom. The lowest BCUT2D eigenvalue weighted by Gasteiger charge is -2.13. The highest BCUT2D eigenvalue weighted by atomic mass is 35.5. The van der Waals surface area contributed by atoms with Gasteiger partial charge in [-0.15, -0.1) is 0 Å². The molecule has 1 aliphatic rings. The lowest BCUT2D eigenvalue weighted by Crippen LogP contribution is -2.16. The van der Waals surface area contributed by atoms with E-state index in [4.69, 9.17) is 16.3 Å². The molecule has 1 heterocycles. The van der Waals surface area contributed by atoms with E-state index in [9.17, 15) is 0 Å². The number of benzene rings is 1. The molecule has 19 heavy (non-hydrogen) atoms. The minimum atomic E-state index is 0.732. The van der Waals surface area contributed by atoms with Gasteiger partial charge in [-0.05, 0) is 61.5 Å². The van der Waals surface area contributed by atoms with Gasteiger partial charge in [0, 0.05) is 11.4 Å². The molecular weight excluding hydrogens is 258 g/mol. The molecule has 2 nitrogen and oxygen atoms in total. The number of rotatable bonds is 7. The van der Waals surface area contributed by atoms with Crippen LogP contribution in [0.2, 0.25) is 5.02 Å². The van der Waals surface area contributed by atoms with Crippen molar-refractivity contribution in [3.05, 3.63) is 28.3 Å². The molecule has 106 valence electrons. The van der Waals surface area contributed by atoms with Crippen LogP contribution in [0.15, 0.2) is 12.1 Å². The third-order valence-electron chi connectivity index (χ3n) is 3.80. The number of fused-ring (bicyclic) bond motifs is 1. The molecule has 1 aliphatic heterocycles. The summed E-state index contributed by atoms with van der Waals surface area (Å²) >= 11 is 6.18. The van der Waals surface area contributed by atoms with Gasteiger partial charge in [0.05, 0.1) is 6.61 Å². The highest BCUT2D eigenvalue weighted by Crippen LogP contribution is 2.34. The minimum Gasteiger partial charge on any atom is -0.493 e. The first kappa shape index (κ1) is 14.7. The van der Waals surface area contributed by atoms with Gasteiger partial charge in [0.25, 0.3) is 0 Å². The van der Waals surface area contributed by atoms with E-state index < -0.39 is 0 Å². The lowest BCUT2D eigenvalue weighted by atomic mass is 9.96. The summed E-state index contributed by atoms with van der Waals surface area (Å²) in [5.41, 5.74) is 2.57. The van der Waals surface area contributed by atoms with Gasteiger partial charge in [-0.3, -0.25) is 0 Å². The van der Waals surface area contributed by atoms with Gasteiger partial charge in [-0.25, -0.2) is 0 Å². The summed E-state index contributed by atoms with van der Waals surface area (Å²) in [7, 11) is 0. The molecular formula is C16H24ClNO. The SMILES string of the molecule is CCNCCC(C)CCc1cc(Cl)cc2c1OCC2. The second-order valence-corrected chi connectivity index (χ2v) is 5.87. The molecule has 0 spiro atoms. The topological polar surface area (TPSA) is 21.3 Å². The molecule has 0 bridgehead atoms. The second-order valence-electron chi connectivity index (χ2n) is 5.44. The monoisotopic (exact) mass is 281 g/mol. The van der Waals surface area contributed by atoms with Crippen molar-refractivity contribution in [1.82, 2.24) is 5.32 Å². The average molecular weight is 282 g/mol. The summed E-state index contributed by atoms with van der Waals surface area (Å²) in [5, 5.41) is 4.23. The average Bonchev–Trinajstić information content (AvgIpc) is 2.84. The maximum Gasteiger partial charge on any atom is 0.125 e. The van der Waals surface area contributed by atoms with Gasteiger partial charge >= 0.3 is 0 Å². The summed E-state index contributed by atoms with van der Waals surface area (Å²) in [4.78, 5) is 0. The summed E-state index contributed by atoms with van der Waals surface area (Å²) in [5.74, 6) is 1.83. The van der Waals surface area contributed by atoms with Crippen LogP contribution in [0.25, 0.3) is 0 Å². The molecule has 3 heteroatoms. The van der Waals surface area contributed by atoms with E-state index >= 15 is 0 Å². The van der Waals surface area contributed by atoms with E-state index in [0.29, 0.717) is 0 Å². The Bertz CT molecular complexity index is 419. The molecule has 0 saturated heterocycles. The Balaban J connectivity index is 1.89. The third-order valence-corrected chi connectivity index (χ3v) is 4.01. The van der Waals surface area contributed by atoms with Gasteiger partial charge < -0.3 is 10.1 Å². The fourth-order valence-electron chi connectivity index (χ4n) is 2.60. The smallest absolute Gasteiger partial charge is 0.125 e. The predicted molar refractivity (Wildman–Crippen MR) is 81.3 cm³/mol. The van der Waals surface area contributed by atoms with Crippen molar-refractivity contribution in [3.8, 4) is 5.75 Å². The molecule has 0 saturated carbocycles. The maximum absolute atomic E-state index is 6.18. The highest BCUT2D eigenvalue weighted by molar-refractivity contribution is 6.30. The quantitative estimate of drug-likeness (QED) is 0.767. The van der Waals surface area contributed by atoms with Crippen LogP contribution >= 0.6 is 11.6 Å². The van der Waals surface area contributed by atoms with Crippen LogP contribution in [-0.2, 0) is 12.8 Å². The summed E-state index contributed by atoms with van der Waals surface area (Å²) in [6.07, 6.45) is 4.49. The van der Waals surface area contributed by atoms with Crippen molar-refractivity contribution in [1.29, 1.82) is 0 Å². The Kier molecular flexibility index (Phi) is 5.53. The molecule has 1 unspecified atom stereocenters. The number of aryl methyl sites for hydroxylation is 1. The van der Waals surface area contributed by atoms with Crippen LogP contribution in [-0.4, -0.2) is 19.7 Å². The number of hydrogen-bond acceptors (Lipinski definition) is 2. The minimum absolute atomic E-state index is 0.732. The van der Waals surface area contributed by atoms with Gasteiger partial charge in [0.15, 0.2) is 0 Å². The number of nitrogens with one attached hydrogen (secondary N) is 1. The largest absolute Gasteiger partial charge is 0.493 e. The van der Waals surface area contributed by atoms with Crippen LogP contribution in [0.5, 0.6) is 5.75 Å². The third kappa shape index (κ3) is 4.12. The Hall–Kier alpha value is -0.730. The Labute approximate surface area is 121 Å². The summed E-state index contributed by atoms with van der Waals surface area (Å²) in [6.45, 7) is 7.45. The highest BCUT2D eigenvalue weighted by Gasteiger charge is 2.17. The molecule has 0 amide bonds. The van der Waals surface area contributed by atoms with Crippen molar-refractivity contribution in [2.24, 2.45) is 5.92 Å². The van der Waals surface area contributed by atoms with E-state index in [0.717, 1.165) is 49.2 Å². The Morgan fingerprint density at radius 1 is 1.37 bits per heavy atom. The molecule has 2 rings (SSSR count). The molecule has 1 aromatic rings. The Morgan fingerprint density at radius 2 is 2.21 bits per heavy atom. The van der Waals surface area contributed by atoms with Crippen LogP contribution in [0.3, 0.4) is 0 Å². The fourth-order valence-corrected chi connectivity index (χ4v) is 2.87. The lowest BCUT2D eigenvalue weighted by molar-refractivity contribution is 0.352. The van der Waals surface area contributed by atoms with E-state index in [1.807, 2.05) is 6.07 Å². The van der Waals surface area contributed by atoms with Gasteiger partial charge in [-0.1, -0.05) is 25.4 Å². The zero-order chi connectivity index (χ0) is 13.7. The van der Waals surface area contributed by atoms with Crippen LogP contribution < -0.4 is 10.1 Å². The number of hydrogen-bond donors (Lipinski definition) is 1. The standard InChI is InChI=1S/C16H24ClNO/c1-3-18-8-6-12(2)4-5-13-10-15(17)11-14-7-9-19-16(13)14/h10-12,18H,3-9H2,1-2H3. The van der Waals surface area contributed by atoms with Crippen LogP contribution in [0, 0.1) is 5.92 Å². The van der Waals surface area contributed by atoms with Crippen LogP contribution in [0.4, 0.5) is 0 Å². The summed E-state index contributed by atoms with van der Waals surface area (Å²) < 4.78 is 5.74. The van der Waals surface area contributed by atoms with E-state index in [-0.39, 0.29) is 0 Å². The molecule has 1 aromatic carbocycles. The van der Waals surface area contributed by atoms with Crippen molar-refractivity contribution in [3.63, 3.8) is 0 Å². The fraction of sp³-hybridized carbons (Fsp3) is 0.625. The van der Waals surface area contributed by atoms with E-state index in [2.05, 4.69) is 25.2 Å². The zero-order valence-corrected chi connectivity index (χ0v) is 12.7. The first-order valence-electron chi connectivity index (χ1n) is 7.35. The van der Waals surface area contributed by atoms with Crippen molar-refractivity contribution < 1.29 is 4.74 Å². The number of ether oxygens (including phenoxy) is 1. The van der Waals surface area contributed by atoms with Crippen molar-refractivity contribution in [2.75, 3.05) is 19.7 Å². The molecule has 0 radical (unpaired) electrons. The molecule has 1 N–H and O–H groups in total. The first-order valence-corrected chi connectivity index (χ1v) is 7.73. The second kappa shape index (κ2) is 7.16.